The molecule has 0 radical (unpaired) electrons. The zero-order chi connectivity index (χ0) is 19.1. The SMILES string of the molecule is CCN1CCN(c2ccccc2NC(=O)NCCc2cccc(F)c2)CC1. The second-order valence-electron chi connectivity index (χ2n) is 6.70. The molecule has 0 bridgehead atoms. The van der Waals surface area contributed by atoms with Crippen LogP contribution in [-0.2, 0) is 6.42 Å². The highest BCUT2D eigenvalue weighted by atomic mass is 19.1. The maximum absolute atomic E-state index is 13.2. The van der Waals surface area contributed by atoms with Crippen LogP contribution in [0, 0.1) is 5.82 Å². The van der Waals surface area contributed by atoms with E-state index >= 15 is 0 Å². The Morgan fingerprint density at radius 3 is 2.59 bits per heavy atom. The second-order valence-corrected chi connectivity index (χ2v) is 6.70. The van der Waals surface area contributed by atoms with Crippen LogP contribution in [0.4, 0.5) is 20.6 Å². The van der Waals surface area contributed by atoms with Gasteiger partial charge in [0.2, 0.25) is 0 Å². The van der Waals surface area contributed by atoms with Crippen LogP contribution in [0.3, 0.4) is 0 Å². The summed E-state index contributed by atoms with van der Waals surface area (Å²) in [6.45, 7) is 7.67. The number of benzene rings is 2. The number of nitrogens with one attached hydrogen (secondary N) is 2. The summed E-state index contributed by atoms with van der Waals surface area (Å²) in [7, 11) is 0. The molecule has 2 amide bonds. The van der Waals surface area contributed by atoms with Gasteiger partial charge in [-0.25, -0.2) is 9.18 Å². The van der Waals surface area contributed by atoms with Crippen LogP contribution in [0.5, 0.6) is 0 Å². The largest absolute Gasteiger partial charge is 0.367 e. The molecule has 1 aliphatic rings. The fourth-order valence-corrected chi connectivity index (χ4v) is 3.34. The zero-order valence-corrected chi connectivity index (χ0v) is 15.7. The van der Waals surface area contributed by atoms with Crippen molar-refractivity contribution in [2.75, 3.05) is 49.5 Å². The van der Waals surface area contributed by atoms with Crippen LogP contribution < -0.4 is 15.5 Å². The molecule has 2 aromatic carbocycles. The van der Waals surface area contributed by atoms with E-state index in [0.29, 0.717) is 13.0 Å². The molecule has 3 rings (SSSR count). The quantitative estimate of drug-likeness (QED) is 0.820. The normalized spacial score (nSPS) is 14.8. The minimum absolute atomic E-state index is 0.244. The Morgan fingerprint density at radius 1 is 1.07 bits per heavy atom. The average molecular weight is 370 g/mol. The second kappa shape index (κ2) is 9.37. The Kier molecular flexibility index (Phi) is 6.65. The molecule has 0 unspecified atom stereocenters. The van der Waals surface area contributed by atoms with E-state index in [-0.39, 0.29) is 11.8 Å². The lowest BCUT2D eigenvalue weighted by Gasteiger charge is -2.36. The third-order valence-corrected chi connectivity index (χ3v) is 4.90. The number of carbonyl (C=O) groups is 1. The van der Waals surface area contributed by atoms with Crippen molar-refractivity contribution in [1.29, 1.82) is 0 Å². The van der Waals surface area contributed by atoms with Crippen LogP contribution in [0.15, 0.2) is 48.5 Å². The number of hydrogen-bond donors (Lipinski definition) is 2. The van der Waals surface area contributed by atoms with Gasteiger partial charge in [0.25, 0.3) is 0 Å². The number of piperazine rings is 1. The molecule has 144 valence electrons. The summed E-state index contributed by atoms with van der Waals surface area (Å²) in [4.78, 5) is 17.0. The van der Waals surface area contributed by atoms with Crippen molar-refractivity contribution in [2.45, 2.75) is 13.3 Å². The number of para-hydroxylation sites is 2. The summed E-state index contributed by atoms with van der Waals surface area (Å²) in [5.41, 5.74) is 2.73. The van der Waals surface area contributed by atoms with E-state index in [2.05, 4.69) is 27.4 Å². The van der Waals surface area contributed by atoms with E-state index in [1.807, 2.05) is 30.3 Å². The lowest BCUT2D eigenvalue weighted by molar-refractivity contribution is 0.252. The molecule has 0 spiro atoms. The minimum Gasteiger partial charge on any atom is -0.367 e. The highest BCUT2D eigenvalue weighted by Gasteiger charge is 2.18. The lowest BCUT2D eigenvalue weighted by atomic mass is 10.1. The molecule has 0 atom stereocenters. The maximum atomic E-state index is 13.2. The van der Waals surface area contributed by atoms with E-state index in [1.165, 1.54) is 12.1 Å². The molecule has 0 aromatic heterocycles. The molecule has 2 aromatic rings. The van der Waals surface area contributed by atoms with Crippen LogP contribution in [0.25, 0.3) is 0 Å². The highest BCUT2D eigenvalue weighted by molar-refractivity contribution is 5.93. The molecule has 5 nitrogen and oxygen atoms in total. The van der Waals surface area contributed by atoms with Gasteiger partial charge in [-0.1, -0.05) is 31.2 Å². The van der Waals surface area contributed by atoms with Gasteiger partial charge < -0.3 is 20.4 Å². The van der Waals surface area contributed by atoms with Crippen molar-refractivity contribution in [1.82, 2.24) is 10.2 Å². The van der Waals surface area contributed by atoms with Gasteiger partial charge >= 0.3 is 6.03 Å². The number of hydrogen-bond acceptors (Lipinski definition) is 3. The van der Waals surface area contributed by atoms with Gasteiger partial charge in [0, 0.05) is 32.7 Å². The topological polar surface area (TPSA) is 47.6 Å². The Labute approximate surface area is 160 Å². The van der Waals surface area contributed by atoms with E-state index in [4.69, 9.17) is 0 Å². The molecule has 6 heteroatoms. The summed E-state index contributed by atoms with van der Waals surface area (Å²) in [6.07, 6.45) is 0.589. The Hall–Kier alpha value is -2.60. The first-order chi connectivity index (χ1) is 13.2. The van der Waals surface area contributed by atoms with Gasteiger partial charge in [0.1, 0.15) is 5.82 Å². The monoisotopic (exact) mass is 370 g/mol. The number of rotatable bonds is 6. The molecule has 1 saturated heterocycles. The Balaban J connectivity index is 1.53. The molecule has 27 heavy (non-hydrogen) atoms. The molecular formula is C21H27FN4O. The van der Waals surface area contributed by atoms with Crippen molar-refractivity contribution < 1.29 is 9.18 Å². The van der Waals surface area contributed by atoms with Crippen LogP contribution in [0.1, 0.15) is 12.5 Å². The lowest BCUT2D eigenvalue weighted by Crippen LogP contribution is -2.46. The number of urea groups is 1. The van der Waals surface area contributed by atoms with Crippen molar-refractivity contribution >= 4 is 17.4 Å². The molecule has 1 fully saturated rings. The first-order valence-corrected chi connectivity index (χ1v) is 9.51. The van der Waals surface area contributed by atoms with Crippen molar-refractivity contribution in [3.05, 3.63) is 59.9 Å². The van der Waals surface area contributed by atoms with E-state index in [1.54, 1.807) is 6.07 Å². The number of carbonyl (C=O) groups excluding carboxylic acids is 1. The highest BCUT2D eigenvalue weighted by Crippen LogP contribution is 2.26. The standard InChI is InChI=1S/C21H27FN4O/c1-2-25-12-14-26(15-13-25)20-9-4-3-8-19(20)24-21(27)23-11-10-17-6-5-7-18(22)16-17/h3-9,16H,2,10-15H2,1H3,(H2,23,24,27). The molecule has 1 aliphatic heterocycles. The Bertz CT molecular complexity index is 759. The third-order valence-electron chi connectivity index (χ3n) is 4.90. The zero-order valence-electron chi connectivity index (χ0n) is 15.7. The van der Waals surface area contributed by atoms with Gasteiger partial charge in [0.15, 0.2) is 0 Å². The third kappa shape index (κ3) is 5.44. The predicted octanol–water partition coefficient (Wildman–Crippen LogP) is 3.33. The summed E-state index contributed by atoms with van der Waals surface area (Å²) in [5.74, 6) is -0.256. The Morgan fingerprint density at radius 2 is 1.85 bits per heavy atom. The molecule has 0 saturated carbocycles. The number of likely N-dealkylation sites (N-methyl/N-ethyl adjacent to an activating group) is 1. The van der Waals surface area contributed by atoms with Gasteiger partial charge in [0.05, 0.1) is 11.4 Å². The van der Waals surface area contributed by atoms with Gasteiger partial charge in [-0.15, -0.1) is 0 Å². The predicted molar refractivity (Wildman–Crippen MR) is 108 cm³/mol. The van der Waals surface area contributed by atoms with Crippen molar-refractivity contribution in [2.24, 2.45) is 0 Å². The van der Waals surface area contributed by atoms with Crippen LogP contribution in [-0.4, -0.2) is 50.2 Å². The van der Waals surface area contributed by atoms with Crippen LogP contribution >= 0.6 is 0 Å². The summed E-state index contributed by atoms with van der Waals surface area (Å²) >= 11 is 0. The molecular weight excluding hydrogens is 343 g/mol. The smallest absolute Gasteiger partial charge is 0.319 e. The number of halogens is 1. The first-order valence-electron chi connectivity index (χ1n) is 9.51. The van der Waals surface area contributed by atoms with Gasteiger partial charge in [-0.05, 0) is 42.8 Å². The first kappa shape index (κ1) is 19.2. The molecule has 2 N–H and O–H groups in total. The summed E-state index contributed by atoms with van der Waals surface area (Å²) in [6, 6.07) is 14.1. The summed E-state index contributed by atoms with van der Waals surface area (Å²) < 4.78 is 13.2. The molecule has 0 aliphatic carbocycles. The van der Waals surface area contributed by atoms with Crippen molar-refractivity contribution in [3.8, 4) is 0 Å². The summed E-state index contributed by atoms with van der Waals surface area (Å²) in [5, 5.41) is 5.80. The number of anilines is 2. The van der Waals surface area contributed by atoms with Gasteiger partial charge in [-0.3, -0.25) is 0 Å². The number of nitrogens with zero attached hydrogens (tertiary/aromatic N) is 2. The fraction of sp³-hybridized carbons (Fsp3) is 0.381. The average Bonchev–Trinajstić information content (AvgIpc) is 2.69. The van der Waals surface area contributed by atoms with Gasteiger partial charge in [-0.2, -0.15) is 0 Å². The van der Waals surface area contributed by atoms with Crippen LogP contribution in [0.2, 0.25) is 0 Å². The fourth-order valence-electron chi connectivity index (χ4n) is 3.34. The van der Waals surface area contributed by atoms with E-state index in [0.717, 1.165) is 49.7 Å². The van der Waals surface area contributed by atoms with E-state index in [9.17, 15) is 9.18 Å². The van der Waals surface area contributed by atoms with Crippen molar-refractivity contribution in [3.63, 3.8) is 0 Å². The molecule has 1 heterocycles. The minimum atomic E-state index is -0.256. The number of amides is 2. The van der Waals surface area contributed by atoms with E-state index < -0.39 is 0 Å². The maximum Gasteiger partial charge on any atom is 0.319 e.